The van der Waals surface area contributed by atoms with E-state index in [1.54, 1.807) is 13.8 Å². The van der Waals surface area contributed by atoms with Gasteiger partial charge in [-0.15, -0.1) is 0 Å². The Hall–Kier alpha value is -2.58. The lowest BCUT2D eigenvalue weighted by Gasteiger charge is -2.26. The van der Waals surface area contributed by atoms with Gasteiger partial charge in [0.1, 0.15) is 0 Å². The second-order valence-corrected chi connectivity index (χ2v) is 4.87. The average molecular weight is 312 g/mol. The van der Waals surface area contributed by atoms with Crippen molar-refractivity contribution in [3.05, 3.63) is 17.5 Å². The standard InChI is InChI=1S/C13H20N4O5/c1-3-13(4-2,11(19)20)7-16-12(21)15-6-8-5-9(10(14)18)17-22-8/h5H,3-4,6-7H2,1-2H3,(H2,14,18)(H,19,20)(H2,15,16,21). The molecule has 1 aromatic heterocycles. The molecule has 3 amide bonds. The number of primary amides is 1. The molecule has 0 aliphatic heterocycles. The molecule has 9 heteroatoms. The van der Waals surface area contributed by atoms with Crippen molar-refractivity contribution >= 4 is 17.9 Å². The Morgan fingerprint density at radius 2 is 1.95 bits per heavy atom. The van der Waals surface area contributed by atoms with Crippen LogP contribution in [0.1, 0.15) is 42.9 Å². The van der Waals surface area contributed by atoms with Gasteiger partial charge in [-0.25, -0.2) is 4.79 Å². The maximum Gasteiger partial charge on any atom is 0.315 e. The molecule has 9 nitrogen and oxygen atoms in total. The van der Waals surface area contributed by atoms with Gasteiger partial charge in [-0.3, -0.25) is 9.59 Å². The topological polar surface area (TPSA) is 148 Å². The van der Waals surface area contributed by atoms with Crippen LogP contribution in [0.4, 0.5) is 4.79 Å². The van der Waals surface area contributed by atoms with E-state index in [9.17, 15) is 19.5 Å². The summed E-state index contributed by atoms with van der Waals surface area (Å²) in [5.41, 5.74) is 4.01. The van der Waals surface area contributed by atoms with Gasteiger partial charge in [0.15, 0.2) is 11.5 Å². The Balaban J connectivity index is 2.49. The van der Waals surface area contributed by atoms with E-state index in [-0.39, 0.29) is 24.5 Å². The van der Waals surface area contributed by atoms with Gasteiger partial charge in [-0.1, -0.05) is 19.0 Å². The first-order chi connectivity index (χ1) is 10.3. The lowest BCUT2D eigenvalue weighted by molar-refractivity contribution is -0.149. The summed E-state index contributed by atoms with van der Waals surface area (Å²) >= 11 is 0. The number of nitrogens with two attached hydrogens (primary N) is 1. The number of carbonyl (C=O) groups excluding carboxylic acids is 2. The SMILES string of the molecule is CCC(CC)(CNC(=O)NCc1cc(C(N)=O)no1)C(=O)O. The molecule has 1 aromatic rings. The fourth-order valence-corrected chi connectivity index (χ4v) is 1.87. The zero-order chi connectivity index (χ0) is 16.8. The molecule has 0 saturated carbocycles. The fraction of sp³-hybridized carbons (Fsp3) is 0.538. The number of aliphatic carboxylic acids is 1. The fourth-order valence-electron chi connectivity index (χ4n) is 1.87. The molecule has 0 aliphatic rings. The third-order valence-electron chi connectivity index (χ3n) is 3.63. The second kappa shape index (κ2) is 7.43. The van der Waals surface area contributed by atoms with Gasteiger partial charge in [0.25, 0.3) is 5.91 Å². The van der Waals surface area contributed by atoms with E-state index in [1.165, 1.54) is 6.07 Å². The molecule has 0 spiro atoms. The van der Waals surface area contributed by atoms with E-state index in [0.29, 0.717) is 12.8 Å². The van der Waals surface area contributed by atoms with Gasteiger partial charge < -0.3 is 26.0 Å². The number of hydrogen-bond donors (Lipinski definition) is 4. The molecule has 0 unspecified atom stereocenters. The summed E-state index contributed by atoms with van der Waals surface area (Å²) in [4.78, 5) is 33.8. The smallest absolute Gasteiger partial charge is 0.315 e. The maximum atomic E-state index is 11.7. The predicted octanol–water partition coefficient (Wildman–Crippen LogP) is 0.464. The number of amides is 3. The first-order valence-corrected chi connectivity index (χ1v) is 6.85. The molecule has 1 heterocycles. The highest BCUT2D eigenvalue weighted by Crippen LogP contribution is 2.25. The van der Waals surface area contributed by atoms with Crippen molar-refractivity contribution in [1.29, 1.82) is 0 Å². The Morgan fingerprint density at radius 1 is 1.32 bits per heavy atom. The van der Waals surface area contributed by atoms with Gasteiger partial charge >= 0.3 is 12.0 Å². The summed E-state index contributed by atoms with van der Waals surface area (Å²) in [6, 6.07) is 0.784. The number of carboxylic acid groups (broad SMARTS) is 1. The van der Waals surface area contributed by atoms with Gasteiger partial charge in [0, 0.05) is 12.6 Å². The largest absolute Gasteiger partial charge is 0.481 e. The van der Waals surface area contributed by atoms with Crippen LogP contribution < -0.4 is 16.4 Å². The molecule has 0 radical (unpaired) electrons. The first-order valence-electron chi connectivity index (χ1n) is 6.85. The highest BCUT2D eigenvalue weighted by molar-refractivity contribution is 5.90. The third kappa shape index (κ3) is 4.21. The lowest BCUT2D eigenvalue weighted by Crippen LogP contribution is -2.45. The predicted molar refractivity (Wildman–Crippen MR) is 75.9 cm³/mol. The molecule has 0 saturated heterocycles. The molecule has 0 bridgehead atoms. The van der Waals surface area contributed by atoms with Crippen molar-refractivity contribution in [1.82, 2.24) is 15.8 Å². The number of rotatable bonds is 8. The molecule has 0 aromatic carbocycles. The second-order valence-electron chi connectivity index (χ2n) is 4.87. The van der Waals surface area contributed by atoms with Crippen molar-refractivity contribution in [2.45, 2.75) is 33.2 Å². The number of urea groups is 1. The molecular weight excluding hydrogens is 292 g/mol. The number of nitrogens with zero attached hydrogens (tertiary/aromatic N) is 1. The summed E-state index contributed by atoms with van der Waals surface area (Å²) in [7, 11) is 0. The third-order valence-corrected chi connectivity index (χ3v) is 3.63. The number of carbonyl (C=O) groups is 3. The van der Waals surface area contributed by atoms with Crippen LogP contribution in [0.15, 0.2) is 10.6 Å². The van der Waals surface area contributed by atoms with E-state index in [0.717, 1.165) is 0 Å². The van der Waals surface area contributed by atoms with Crippen LogP contribution in [0.3, 0.4) is 0 Å². The van der Waals surface area contributed by atoms with Gasteiger partial charge in [-0.05, 0) is 12.8 Å². The van der Waals surface area contributed by atoms with Crippen LogP contribution >= 0.6 is 0 Å². The van der Waals surface area contributed by atoms with Gasteiger partial charge in [0.05, 0.1) is 12.0 Å². The Morgan fingerprint density at radius 3 is 2.41 bits per heavy atom. The Bertz CT molecular complexity index is 550. The zero-order valence-electron chi connectivity index (χ0n) is 12.5. The minimum absolute atomic E-state index is 0.00440. The number of carboxylic acids is 1. The monoisotopic (exact) mass is 312 g/mol. The number of hydrogen-bond acceptors (Lipinski definition) is 5. The van der Waals surface area contributed by atoms with Crippen molar-refractivity contribution < 1.29 is 24.0 Å². The van der Waals surface area contributed by atoms with Crippen molar-refractivity contribution in [2.75, 3.05) is 6.54 Å². The summed E-state index contributed by atoms with van der Waals surface area (Å²) in [5.74, 6) is -1.41. The molecular formula is C13H20N4O5. The molecule has 22 heavy (non-hydrogen) atoms. The Kier molecular flexibility index (Phi) is 5.90. The van der Waals surface area contributed by atoms with Gasteiger partial charge in [-0.2, -0.15) is 0 Å². The Labute approximate surface area is 127 Å². The van der Waals surface area contributed by atoms with E-state index in [2.05, 4.69) is 15.8 Å². The van der Waals surface area contributed by atoms with Crippen LogP contribution in [-0.4, -0.2) is 34.7 Å². The van der Waals surface area contributed by atoms with E-state index >= 15 is 0 Å². The van der Waals surface area contributed by atoms with Crippen molar-refractivity contribution in [3.63, 3.8) is 0 Å². The van der Waals surface area contributed by atoms with Crippen LogP contribution in [0, 0.1) is 5.41 Å². The normalized spacial score (nSPS) is 11.0. The maximum absolute atomic E-state index is 11.7. The van der Waals surface area contributed by atoms with Crippen molar-refractivity contribution in [3.8, 4) is 0 Å². The highest BCUT2D eigenvalue weighted by atomic mass is 16.5. The minimum Gasteiger partial charge on any atom is -0.481 e. The van der Waals surface area contributed by atoms with E-state index < -0.39 is 23.3 Å². The summed E-state index contributed by atoms with van der Waals surface area (Å²) < 4.78 is 4.81. The molecule has 0 atom stereocenters. The van der Waals surface area contributed by atoms with Crippen LogP contribution in [0.5, 0.6) is 0 Å². The van der Waals surface area contributed by atoms with Crippen LogP contribution in [0.25, 0.3) is 0 Å². The summed E-state index contributed by atoms with van der Waals surface area (Å²) in [6.45, 7) is 3.54. The lowest BCUT2D eigenvalue weighted by atomic mass is 9.82. The molecule has 1 rings (SSSR count). The van der Waals surface area contributed by atoms with Gasteiger partial charge in [0.2, 0.25) is 0 Å². The first kappa shape index (κ1) is 17.5. The van der Waals surface area contributed by atoms with Crippen LogP contribution in [0.2, 0.25) is 0 Å². The quantitative estimate of drug-likeness (QED) is 0.548. The van der Waals surface area contributed by atoms with Crippen LogP contribution in [-0.2, 0) is 11.3 Å². The van der Waals surface area contributed by atoms with E-state index in [1.807, 2.05) is 0 Å². The molecule has 122 valence electrons. The number of aromatic nitrogens is 1. The summed E-state index contributed by atoms with van der Waals surface area (Å²) in [5, 5.41) is 17.7. The average Bonchev–Trinajstić information content (AvgIpc) is 2.95. The minimum atomic E-state index is -0.983. The molecule has 0 aliphatic carbocycles. The van der Waals surface area contributed by atoms with Crippen molar-refractivity contribution in [2.24, 2.45) is 11.1 Å². The molecule has 5 N–H and O–H groups in total. The van der Waals surface area contributed by atoms with E-state index in [4.69, 9.17) is 10.3 Å². The summed E-state index contributed by atoms with van der Waals surface area (Å²) in [6.07, 6.45) is 0.812. The zero-order valence-corrected chi connectivity index (χ0v) is 12.5. The number of nitrogens with one attached hydrogen (secondary N) is 2. The highest BCUT2D eigenvalue weighted by Gasteiger charge is 2.35. The molecule has 0 fully saturated rings.